The summed E-state index contributed by atoms with van der Waals surface area (Å²) >= 11 is 0. The Labute approximate surface area is 164 Å². The molecular weight excluding hydrogens is 364 g/mol. The Hall–Kier alpha value is -2.83. The van der Waals surface area contributed by atoms with E-state index in [4.69, 9.17) is 5.73 Å². The number of likely N-dealkylation sites (tertiary alicyclic amines) is 1. The molecule has 0 spiro atoms. The lowest BCUT2D eigenvalue weighted by Crippen LogP contribution is -2.53. The van der Waals surface area contributed by atoms with Crippen LogP contribution < -0.4 is 16.5 Å². The van der Waals surface area contributed by atoms with Crippen molar-refractivity contribution in [2.75, 3.05) is 19.6 Å². The van der Waals surface area contributed by atoms with Crippen LogP contribution in [0.2, 0.25) is 0 Å². The number of nitriles is 1. The average Bonchev–Trinajstić information content (AvgIpc) is 3.18. The summed E-state index contributed by atoms with van der Waals surface area (Å²) < 4.78 is 0. The maximum atomic E-state index is 12.9. The van der Waals surface area contributed by atoms with Crippen molar-refractivity contribution in [2.45, 2.75) is 45.6 Å². The Morgan fingerprint density at radius 3 is 2.61 bits per heavy atom. The van der Waals surface area contributed by atoms with E-state index in [1.165, 1.54) is 4.90 Å². The van der Waals surface area contributed by atoms with Crippen LogP contribution in [0, 0.1) is 29.2 Å². The van der Waals surface area contributed by atoms with Crippen LogP contribution in [-0.2, 0) is 19.2 Å². The van der Waals surface area contributed by atoms with Crippen LogP contribution in [0.25, 0.3) is 0 Å². The summed E-state index contributed by atoms with van der Waals surface area (Å²) in [6.07, 6.45) is 3.33. The summed E-state index contributed by atoms with van der Waals surface area (Å²) in [5.74, 6) is -2.16. The van der Waals surface area contributed by atoms with E-state index in [0.29, 0.717) is 32.4 Å². The molecule has 2 aliphatic rings. The van der Waals surface area contributed by atoms with E-state index in [9.17, 15) is 24.4 Å². The van der Waals surface area contributed by atoms with E-state index in [0.717, 1.165) is 5.01 Å². The van der Waals surface area contributed by atoms with Crippen molar-refractivity contribution in [3.63, 3.8) is 0 Å². The highest BCUT2D eigenvalue weighted by molar-refractivity contribution is 5.91. The molecular formula is C18H28N6O4. The standard InChI is InChI=1S/C18H28N6O4/c1-11(2)7-14(24-6-4-12(18(24)28)8-15(20)25)17(27)22-23(10-19)9-13-3-5-21-16(13)26/h11-14H,3-9H2,1-2H3,(H2,20,25)(H,21,26)(H,22,27)/t12-,13-,14-/m0/s1. The van der Waals surface area contributed by atoms with Gasteiger partial charge < -0.3 is 16.0 Å². The number of primary amides is 1. The molecule has 0 unspecified atom stereocenters. The maximum Gasteiger partial charge on any atom is 0.261 e. The topological polar surface area (TPSA) is 149 Å². The molecule has 0 aromatic carbocycles. The largest absolute Gasteiger partial charge is 0.370 e. The quantitative estimate of drug-likeness (QED) is 0.262. The van der Waals surface area contributed by atoms with Gasteiger partial charge in [0, 0.05) is 25.4 Å². The van der Waals surface area contributed by atoms with Gasteiger partial charge in [-0.1, -0.05) is 13.8 Å². The molecule has 0 saturated carbocycles. The first-order valence-corrected chi connectivity index (χ1v) is 9.57. The van der Waals surface area contributed by atoms with Crippen LogP contribution in [0.4, 0.5) is 0 Å². The van der Waals surface area contributed by atoms with Crippen molar-refractivity contribution in [3.8, 4) is 6.19 Å². The van der Waals surface area contributed by atoms with Gasteiger partial charge in [0.05, 0.1) is 12.5 Å². The van der Waals surface area contributed by atoms with Crippen molar-refractivity contribution < 1.29 is 19.2 Å². The Bertz CT molecular complexity index is 673. The SMILES string of the molecule is CC(C)C[C@@H](C(=O)NN(C#N)C[C@@H]1CCNC1=O)N1CC[C@@H](CC(N)=O)C1=O. The fourth-order valence-corrected chi connectivity index (χ4v) is 3.69. The second-order valence-corrected chi connectivity index (χ2v) is 7.80. The molecule has 2 saturated heterocycles. The van der Waals surface area contributed by atoms with Gasteiger partial charge in [-0.25, -0.2) is 5.01 Å². The van der Waals surface area contributed by atoms with Crippen LogP contribution >= 0.6 is 0 Å². The van der Waals surface area contributed by atoms with Gasteiger partial charge in [-0.15, -0.1) is 0 Å². The van der Waals surface area contributed by atoms with Crippen LogP contribution in [-0.4, -0.2) is 59.2 Å². The van der Waals surface area contributed by atoms with Gasteiger partial charge in [0.2, 0.25) is 17.7 Å². The number of carbonyl (C=O) groups excluding carboxylic acids is 4. The number of carbonyl (C=O) groups is 4. The van der Waals surface area contributed by atoms with Gasteiger partial charge in [0.1, 0.15) is 6.04 Å². The van der Waals surface area contributed by atoms with Crippen molar-refractivity contribution in [2.24, 2.45) is 23.5 Å². The lowest BCUT2D eigenvalue weighted by Gasteiger charge is -2.30. The van der Waals surface area contributed by atoms with Crippen LogP contribution in [0.1, 0.15) is 39.5 Å². The van der Waals surface area contributed by atoms with E-state index in [1.807, 2.05) is 20.0 Å². The maximum absolute atomic E-state index is 12.9. The third kappa shape index (κ3) is 5.34. The molecule has 2 rings (SSSR count). The molecule has 154 valence electrons. The lowest BCUT2D eigenvalue weighted by atomic mass is 10.0. The van der Waals surface area contributed by atoms with Crippen molar-refractivity contribution in [1.82, 2.24) is 20.7 Å². The highest BCUT2D eigenvalue weighted by Crippen LogP contribution is 2.26. The minimum absolute atomic E-state index is 0.0353. The summed E-state index contributed by atoms with van der Waals surface area (Å²) in [5, 5.41) is 13.1. The third-order valence-corrected chi connectivity index (χ3v) is 5.10. The second kappa shape index (κ2) is 9.39. The molecule has 0 bridgehead atoms. The molecule has 3 atom stereocenters. The molecule has 0 radical (unpaired) electrons. The van der Waals surface area contributed by atoms with Crippen LogP contribution in [0.5, 0.6) is 0 Å². The van der Waals surface area contributed by atoms with Gasteiger partial charge in [-0.2, -0.15) is 5.26 Å². The van der Waals surface area contributed by atoms with E-state index in [2.05, 4.69) is 10.7 Å². The highest BCUT2D eigenvalue weighted by atomic mass is 16.2. The summed E-state index contributed by atoms with van der Waals surface area (Å²) in [6, 6.07) is -0.751. The zero-order valence-electron chi connectivity index (χ0n) is 16.3. The summed E-state index contributed by atoms with van der Waals surface area (Å²) in [7, 11) is 0. The van der Waals surface area contributed by atoms with E-state index in [1.54, 1.807) is 0 Å². The monoisotopic (exact) mass is 392 g/mol. The first kappa shape index (κ1) is 21.5. The van der Waals surface area contributed by atoms with E-state index >= 15 is 0 Å². The zero-order chi connectivity index (χ0) is 20.8. The Kier molecular flexibility index (Phi) is 7.20. The number of amides is 4. The Morgan fingerprint density at radius 2 is 2.07 bits per heavy atom. The first-order valence-electron chi connectivity index (χ1n) is 9.57. The van der Waals surface area contributed by atoms with Crippen LogP contribution in [0.15, 0.2) is 0 Å². The summed E-state index contributed by atoms with van der Waals surface area (Å²) in [6.45, 7) is 4.87. The van der Waals surface area contributed by atoms with E-state index in [-0.39, 0.29) is 36.6 Å². The molecule has 4 N–H and O–H groups in total. The molecule has 2 heterocycles. The minimum atomic E-state index is -0.751. The molecule has 0 aromatic heterocycles. The first-order chi connectivity index (χ1) is 13.2. The number of nitrogens with two attached hydrogens (primary N) is 1. The Balaban J connectivity index is 2.06. The smallest absolute Gasteiger partial charge is 0.261 e. The Morgan fingerprint density at radius 1 is 1.36 bits per heavy atom. The van der Waals surface area contributed by atoms with Gasteiger partial charge in [0.15, 0.2) is 6.19 Å². The van der Waals surface area contributed by atoms with E-state index < -0.39 is 23.8 Å². The molecule has 0 aromatic rings. The van der Waals surface area contributed by atoms with Crippen molar-refractivity contribution in [3.05, 3.63) is 0 Å². The number of nitrogens with one attached hydrogen (secondary N) is 2. The number of hydrogen-bond acceptors (Lipinski definition) is 6. The average molecular weight is 392 g/mol. The minimum Gasteiger partial charge on any atom is -0.370 e. The van der Waals surface area contributed by atoms with Gasteiger partial charge in [-0.3, -0.25) is 24.6 Å². The number of rotatable bonds is 9. The predicted octanol–water partition coefficient (Wildman–Crippen LogP) is -0.925. The van der Waals surface area contributed by atoms with Gasteiger partial charge in [0.25, 0.3) is 5.91 Å². The second-order valence-electron chi connectivity index (χ2n) is 7.80. The molecule has 10 heteroatoms. The fraction of sp³-hybridized carbons (Fsp3) is 0.722. The predicted molar refractivity (Wildman–Crippen MR) is 98.5 cm³/mol. The van der Waals surface area contributed by atoms with Crippen molar-refractivity contribution in [1.29, 1.82) is 5.26 Å². The summed E-state index contributed by atoms with van der Waals surface area (Å²) in [5.41, 5.74) is 7.75. The zero-order valence-corrected chi connectivity index (χ0v) is 16.3. The third-order valence-electron chi connectivity index (χ3n) is 5.10. The van der Waals surface area contributed by atoms with Crippen molar-refractivity contribution >= 4 is 23.6 Å². The number of nitrogens with zero attached hydrogens (tertiary/aromatic N) is 3. The molecule has 4 amide bonds. The summed E-state index contributed by atoms with van der Waals surface area (Å²) in [4.78, 5) is 49.9. The number of hydrazine groups is 1. The molecule has 10 nitrogen and oxygen atoms in total. The van der Waals surface area contributed by atoms with Gasteiger partial charge in [-0.05, 0) is 25.2 Å². The molecule has 0 aliphatic carbocycles. The normalized spacial score (nSPS) is 22.7. The molecule has 2 aliphatic heterocycles. The highest BCUT2D eigenvalue weighted by Gasteiger charge is 2.40. The lowest BCUT2D eigenvalue weighted by molar-refractivity contribution is -0.142. The fourth-order valence-electron chi connectivity index (χ4n) is 3.69. The molecule has 28 heavy (non-hydrogen) atoms. The number of hydrogen-bond donors (Lipinski definition) is 3. The van der Waals surface area contributed by atoms with Gasteiger partial charge >= 0.3 is 0 Å². The van der Waals surface area contributed by atoms with Crippen LogP contribution in [0.3, 0.4) is 0 Å². The molecule has 2 fully saturated rings.